The molecule has 2 atom stereocenters. The number of benzene rings is 2. The summed E-state index contributed by atoms with van der Waals surface area (Å²) in [6.45, 7) is 1.69. The van der Waals surface area contributed by atoms with Gasteiger partial charge in [0.05, 0.1) is 0 Å². The number of anilines is 2. The zero-order valence-electron chi connectivity index (χ0n) is 10.9. The highest BCUT2D eigenvalue weighted by molar-refractivity contribution is 9.10. The van der Waals surface area contributed by atoms with Gasteiger partial charge in [0.15, 0.2) is 0 Å². The summed E-state index contributed by atoms with van der Waals surface area (Å²) < 4.78 is 12.8. The molecule has 4 nitrogen and oxygen atoms in total. The second kappa shape index (κ2) is 5.92. The Morgan fingerprint density at radius 1 is 1.15 bits per heavy atom. The zero-order chi connectivity index (χ0) is 14.8. The third kappa shape index (κ3) is 3.18. The SMILES string of the molecule is CC(Nc1ccc(Br)cc1)(c1ccc(N)cc1)[P+](=O)O. The minimum Gasteiger partial charge on any atom is -0.399 e. The van der Waals surface area contributed by atoms with E-state index in [1.54, 1.807) is 31.2 Å². The second-order valence-electron chi connectivity index (χ2n) is 4.60. The minimum atomic E-state index is -2.48. The van der Waals surface area contributed by atoms with E-state index in [2.05, 4.69) is 21.2 Å². The summed E-state index contributed by atoms with van der Waals surface area (Å²) in [5.74, 6) is 0. The van der Waals surface area contributed by atoms with E-state index in [4.69, 9.17) is 5.73 Å². The Hall–Kier alpha value is -1.42. The van der Waals surface area contributed by atoms with E-state index in [1.165, 1.54) is 0 Å². The molecular weight excluding hydrogens is 339 g/mol. The van der Waals surface area contributed by atoms with E-state index in [9.17, 15) is 9.46 Å². The van der Waals surface area contributed by atoms with Crippen molar-refractivity contribution in [3.63, 3.8) is 0 Å². The molecule has 2 aromatic carbocycles. The quantitative estimate of drug-likeness (QED) is 0.572. The Labute approximate surface area is 127 Å². The summed E-state index contributed by atoms with van der Waals surface area (Å²) in [6.07, 6.45) is 0. The first-order valence-electron chi connectivity index (χ1n) is 5.98. The Morgan fingerprint density at radius 3 is 2.20 bits per heavy atom. The van der Waals surface area contributed by atoms with Crippen molar-refractivity contribution in [3.05, 3.63) is 58.6 Å². The van der Waals surface area contributed by atoms with E-state index >= 15 is 0 Å². The molecule has 104 valence electrons. The molecule has 0 fully saturated rings. The Kier molecular flexibility index (Phi) is 4.43. The fourth-order valence-electron chi connectivity index (χ4n) is 1.85. The third-order valence-electron chi connectivity index (χ3n) is 3.09. The van der Waals surface area contributed by atoms with Gasteiger partial charge in [-0.3, -0.25) is 0 Å². The highest BCUT2D eigenvalue weighted by atomic mass is 79.9. The maximum atomic E-state index is 11.8. The molecule has 0 aliphatic rings. The number of rotatable bonds is 4. The maximum Gasteiger partial charge on any atom is 0.538 e. The van der Waals surface area contributed by atoms with Crippen molar-refractivity contribution in [1.82, 2.24) is 0 Å². The van der Waals surface area contributed by atoms with Gasteiger partial charge < -0.3 is 11.1 Å². The number of nitrogens with one attached hydrogen (secondary N) is 1. The van der Waals surface area contributed by atoms with Crippen molar-refractivity contribution in [3.8, 4) is 0 Å². The maximum absolute atomic E-state index is 11.8. The van der Waals surface area contributed by atoms with Crippen LogP contribution in [0.5, 0.6) is 0 Å². The number of nitrogen functional groups attached to an aromatic ring is 1. The van der Waals surface area contributed by atoms with Gasteiger partial charge in [-0.2, -0.15) is 4.89 Å². The Bertz CT molecular complexity index is 616. The van der Waals surface area contributed by atoms with Crippen LogP contribution in [0.2, 0.25) is 0 Å². The topological polar surface area (TPSA) is 75.3 Å². The first-order valence-corrected chi connectivity index (χ1v) is 7.98. The van der Waals surface area contributed by atoms with Crippen molar-refractivity contribution in [2.24, 2.45) is 0 Å². The lowest BCUT2D eigenvalue weighted by atomic mass is 10.1. The molecule has 20 heavy (non-hydrogen) atoms. The van der Waals surface area contributed by atoms with Crippen LogP contribution in [0.1, 0.15) is 12.5 Å². The van der Waals surface area contributed by atoms with Crippen LogP contribution in [0.25, 0.3) is 0 Å². The van der Waals surface area contributed by atoms with Crippen molar-refractivity contribution < 1.29 is 9.46 Å². The highest BCUT2D eigenvalue weighted by Crippen LogP contribution is 2.44. The number of halogens is 1. The van der Waals surface area contributed by atoms with Crippen LogP contribution in [0.15, 0.2) is 53.0 Å². The summed E-state index contributed by atoms with van der Waals surface area (Å²) in [6, 6.07) is 14.4. The van der Waals surface area contributed by atoms with Gasteiger partial charge in [0, 0.05) is 28.3 Å². The summed E-state index contributed by atoms with van der Waals surface area (Å²) in [7, 11) is -2.48. The van der Waals surface area contributed by atoms with E-state index in [0.717, 1.165) is 10.2 Å². The highest BCUT2D eigenvalue weighted by Gasteiger charge is 2.46. The van der Waals surface area contributed by atoms with Gasteiger partial charge in [-0.05, 0) is 41.0 Å². The van der Waals surface area contributed by atoms with Crippen molar-refractivity contribution >= 4 is 35.3 Å². The summed E-state index contributed by atoms with van der Waals surface area (Å²) in [4.78, 5) is 9.72. The lowest BCUT2D eigenvalue weighted by molar-refractivity contribution is 0.471. The number of nitrogens with two attached hydrogens (primary N) is 1. The smallest absolute Gasteiger partial charge is 0.399 e. The molecule has 2 unspecified atom stereocenters. The molecule has 2 rings (SSSR count). The molecule has 0 spiro atoms. The first-order chi connectivity index (χ1) is 9.41. The molecule has 0 aliphatic carbocycles. The van der Waals surface area contributed by atoms with Crippen LogP contribution in [0.4, 0.5) is 11.4 Å². The van der Waals surface area contributed by atoms with Crippen molar-refractivity contribution in [2.45, 2.75) is 12.2 Å². The molecule has 4 N–H and O–H groups in total. The molecule has 0 radical (unpaired) electrons. The molecule has 0 saturated carbocycles. The fraction of sp³-hybridized carbons (Fsp3) is 0.143. The van der Waals surface area contributed by atoms with Crippen LogP contribution in [0.3, 0.4) is 0 Å². The van der Waals surface area contributed by atoms with E-state index in [-0.39, 0.29) is 0 Å². The van der Waals surface area contributed by atoms with E-state index < -0.39 is 13.3 Å². The van der Waals surface area contributed by atoms with Crippen molar-refractivity contribution in [2.75, 3.05) is 11.1 Å². The van der Waals surface area contributed by atoms with Crippen LogP contribution >= 0.6 is 24.0 Å². The van der Waals surface area contributed by atoms with Gasteiger partial charge in [0.2, 0.25) is 0 Å². The van der Waals surface area contributed by atoms with Gasteiger partial charge in [0.25, 0.3) is 5.28 Å². The van der Waals surface area contributed by atoms with Crippen LogP contribution < -0.4 is 11.1 Å². The lowest BCUT2D eigenvalue weighted by Crippen LogP contribution is -2.27. The van der Waals surface area contributed by atoms with Gasteiger partial charge in [0.1, 0.15) is 0 Å². The monoisotopic (exact) mass is 353 g/mol. The summed E-state index contributed by atoms with van der Waals surface area (Å²) in [5.41, 5.74) is 7.75. The second-order valence-corrected chi connectivity index (χ2v) is 6.96. The molecule has 6 heteroatoms. The van der Waals surface area contributed by atoms with Gasteiger partial charge >= 0.3 is 8.03 Å². The van der Waals surface area contributed by atoms with E-state index in [0.29, 0.717) is 11.3 Å². The van der Waals surface area contributed by atoms with Gasteiger partial charge in [-0.1, -0.05) is 28.1 Å². The van der Waals surface area contributed by atoms with E-state index in [1.807, 2.05) is 24.3 Å². The molecule has 0 saturated heterocycles. The molecule has 0 bridgehead atoms. The average molecular weight is 354 g/mol. The largest absolute Gasteiger partial charge is 0.538 e. The number of hydrogen-bond acceptors (Lipinski definition) is 3. The van der Waals surface area contributed by atoms with Crippen LogP contribution in [-0.4, -0.2) is 4.89 Å². The third-order valence-corrected chi connectivity index (χ3v) is 4.75. The van der Waals surface area contributed by atoms with Gasteiger partial charge in [-0.15, -0.1) is 0 Å². The zero-order valence-corrected chi connectivity index (χ0v) is 13.4. The molecule has 0 heterocycles. The minimum absolute atomic E-state index is 0.618. The van der Waals surface area contributed by atoms with Crippen molar-refractivity contribution in [1.29, 1.82) is 0 Å². The Morgan fingerprint density at radius 2 is 1.70 bits per heavy atom. The lowest BCUT2D eigenvalue weighted by Gasteiger charge is -2.20. The molecular formula is C14H15BrN2O2P+. The van der Waals surface area contributed by atoms with Gasteiger partial charge in [-0.25, -0.2) is 0 Å². The molecule has 0 amide bonds. The van der Waals surface area contributed by atoms with Crippen LogP contribution in [0, 0.1) is 0 Å². The predicted octanol–water partition coefficient (Wildman–Crippen LogP) is 4.05. The normalized spacial score (nSPS) is 14.4. The first kappa shape index (κ1) is 15.0. The average Bonchev–Trinajstić information content (AvgIpc) is 2.42. The summed E-state index contributed by atoms with van der Waals surface area (Å²) >= 11 is 3.36. The Balaban J connectivity index is 2.37. The molecule has 2 aromatic rings. The number of hydrogen-bond donors (Lipinski definition) is 3. The molecule has 0 aliphatic heterocycles. The molecule has 0 aromatic heterocycles. The standard InChI is InChI=1S/C14H14BrN2O2P/c1-14(20(18)19,10-2-6-12(16)7-3-10)17-13-8-4-11(15)5-9-13/h2-9,17H,16H2,1H3/p+1. The van der Waals surface area contributed by atoms with Crippen LogP contribution in [-0.2, 0) is 9.85 Å². The fourth-order valence-corrected chi connectivity index (χ4v) is 2.71. The summed E-state index contributed by atoms with van der Waals surface area (Å²) in [5, 5.41) is 2.05. The predicted molar refractivity (Wildman–Crippen MR) is 85.8 cm³/mol.